The summed E-state index contributed by atoms with van der Waals surface area (Å²) in [4.78, 5) is 20.7. The van der Waals surface area contributed by atoms with Crippen LogP contribution in [0.3, 0.4) is 0 Å². The van der Waals surface area contributed by atoms with Crippen LogP contribution in [0.15, 0.2) is 54.2 Å². The van der Waals surface area contributed by atoms with Gasteiger partial charge in [-0.3, -0.25) is 9.78 Å². The van der Waals surface area contributed by atoms with Gasteiger partial charge in [-0.25, -0.2) is 4.98 Å². The Morgan fingerprint density at radius 2 is 1.96 bits per heavy atom. The third-order valence-electron chi connectivity index (χ3n) is 3.95. The fraction of sp³-hybridized carbons (Fsp3) is 0.211. The zero-order chi connectivity index (χ0) is 18.4. The van der Waals surface area contributed by atoms with Crippen molar-refractivity contribution < 1.29 is 4.79 Å². The number of rotatable bonds is 7. The second kappa shape index (κ2) is 8.66. The Hall–Kier alpha value is -2.61. The van der Waals surface area contributed by atoms with E-state index in [0.29, 0.717) is 18.1 Å². The van der Waals surface area contributed by atoms with Crippen LogP contribution >= 0.6 is 11.3 Å². The van der Waals surface area contributed by atoms with E-state index >= 15 is 0 Å². The van der Waals surface area contributed by atoms with E-state index in [0.717, 1.165) is 22.4 Å². The van der Waals surface area contributed by atoms with Gasteiger partial charge in [0.05, 0.1) is 11.7 Å². The fourth-order valence-electron chi connectivity index (χ4n) is 2.50. The highest BCUT2D eigenvalue weighted by atomic mass is 32.1. The molecule has 7 heteroatoms. The number of nitrogens with zero attached hydrogens (tertiary/aromatic N) is 2. The van der Waals surface area contributed by atoms with Gasteiger partial charge in [0.2, 0.25) is 5.91 Å². The van der Waals surface area contributed by atoms with Gasteiger partial charge in [0.15, 0.2) is 5.13 Å². The van der Waals surface area contributed by atoms with Gasteiger partial charge in [0.1, 0.15) is 0 Å². The molecule has 0 saturated heterocycles. The van der Waals surface area contributed by atoms with Crippen molar-refractivity contribution >= 4 is 22.4 Å². The molecule has 0 fully saturated rings. The molecular weight excluding hydrogens is 346 g/mol. The molecule has 4 N–H and O–H groups in total. The molecule has 3 rings (SSSR count). The van der Waals surface area contributed by atoms with E-state index in [1.54, 1.807) is 12.4 Å². The first-order valence-electron chi connectivity index (χ1n) is 8.35. The van der Waals surface area contributed by atoms with E-state index in [4.69, 9.17) is 5.73 Å². The average molecular weight is 367 g/mol. The van der Waals surface area contributed by atoms with Gasteiger partial charge in [0.25, 0.3) is 0 Å². The van der Waals surface area contributed by atoms with Crippen molar-refractivity contribution in [3.8, 4) is 22.4 Å². The van der Waals surface area contributed by atoms with E-state index in [1.165, 1.54) is 11.3 Å². The van der Waals surface area contributed by atoms with Gasteiger partial charge in [-0.1, -0.05) is 18.2 Å². The maximum Gasteiger partial charge on any atom is 0.243 e. The number of aromatic nitrogens is 2. The molecule has 0 saturated carbocycles. The Morgan fingerprint density at radius 1 is 1.19 bits per heavy atom. The fourth-order valence-corrected chi connectivity index (χ4v) is 3.22. The van der Waals surface area contributed by atoms with Gasteiger partial charge in [-0.15, -0.1) is 11.3 Å². The molecular formula is C19H21N5OS. The Bertz CT molecular complexity index is 865. The number of amides is 1. The lowest BCUT2D eigenvalue weighted by Crippen LogP contribution is -2.37. The van der Waals surface area contributed by atoms with Crippen molar-refractivity contribution in [3.63, 3.8) is 0 Å². The highest BCUT2D eigenvalue weighted by molar-refractivity contribution is 7.14. The average Bonchev–Trinajstić information content (AvgIpc) is 3.15. The molecule has 6 nitrogen and oxygen atoms in total. The monoisotopic (exact) mass is 367 g/mol. The SMILES string of the molecule is CNCCC(N)C(=O)Nc1nc(-c2cccc(-c3ccncc3)c2)cs1. The number of hydrogen-bond acceptors (Lipinski definition) is 6. The number of pyridine rings is 1. The van der Waals surface area contributed by atoms with Crippen LogP contribution in [-0.4, -0.2) is 35.5 Å². The van der Waals surface area contributed by atoms with Crippen LogP contribution in [0.25, 0.3) is 22.4 Å². The summed E-state index contributed by atoms with van der Waals surface area (Å²) < 4.78 is 0. The van der Waals surface area contributed by atoms with Crippen molar-refractivity contribution in [3.05, 3.63) is 54.2 Å². The first kappa shape index (κ1) is 18.2. The third-order valence-corrected chi connectivity index (χ3v) is 4.71. The van der Waals surface area contributed by atoms with Gasteiger partial charge >= 0.3 is 0 Å². The zero-order valence-electron chi connectivity index (χ0n) is 14.5. The number of nitrogens with two attached hydrogens (primary N) is 1. The maximum atomic E-state index is 12.1. The first-order chi connectivity index (χ1) is 12.7. The molecule has 1 amide bonds. The van der Waals surface area contributed by atoms with E-state index in [9.17, 15) is 4.79 Å². The predicted molar refractivity (Wildman–Crippen MR) is 106 cm³/mol. The summed E-state index contributed by atoms with van der Waals surface area (Å²) in [6.07, 6.45) is 4.13. The molecule has 0 aliphatic carbocycles. The molecule has 1 aromatic carbocycles. The Labute approximate surface area is 156 Å². The summed E-state index contributed by atoms with van der Waals surface area (Å²) >= 11 is 1.39. The number of benzene rings is 1. The van der Waals surface area contributed by atoms with Crippen molar-refractivity contribution in [2.75, 3.05) is 18.9 Å². The Kier molecular flexibility index (Phi) is 6.06. The maximum absolute atomic E-state index is 12.1. The second-order valence-corrected chi connectivity index (χ2v) is 6.70. The molecule has 2 aromatic heterocycles. The largest absolute Gasteiger partial charge is 0.320 e. The number of carbonyl (C=O) groups is 1. The summed E-state index contributed by atoms with van der Waals surface area (Å²) in [5.41, 5.74) is 9.89. The molecule has 0 spiro atoms. The van der Waals surface area contributed by atoms with Crippen LogP contribution in [0.1, 0.15) is 6.42 Å². The number of nitrogens with one attached hydrogen (secondary N) is 2. The van der Waals surface area contributed by atoms with Crippen LogP contribution in [0.5, 0.6) is 0 Å². The lowest BCUT2D eigenvalue weighted by molar-refractivity contribution is -0.117. The normalized spacial score (nSPS) is 11.9. The Balaban J connectivity index is 1.73. The Morgan fingerprint density at radius 3 is 2.73 bits per heavy atom. The summed E-state index contributed by atoms with van der Waals surface area (Å²) in [6.45, 7) is 0.694. The van der Waals surface area contributed by atoms with Crippen molar-refractivity contribution in [2.24, 2.45) is 5.73 Å². The van der Waals surface area contributed by atoms with Gasteiger partial charge in [0, 0.05) is 23.3 Å². The molecule has 0 bridgehead atoms. The third kappa shape index (κ3) is 4.51. The summed E-state index contributed by atoms with van der Waals surface area (Å²) in [7, 11) is 1.83. The van der Waals surface area contributed by atoms with Crippen molar-refractivity contribution in [2.45, 2.75) is 12.5 Å². The minimum absolute atomic E-state index is 0.216. The first-order valence-corrected chi connectivity index (χ1v) is 9.23. The number of anilines is 1. The van der Waals surface area contributed by atoms with Crippen LogP contribution in [0.2, 0.25) is 0 Å². The van der Waals surface area contributed by atoms with E-state index in [-0.39, 0.29) is 5.91 Å². The topological polar surface area (TPSA) is 92.9 Å². The van der Waals surface area contributed by atoms with Gasteiger partial charge in [-0.05, 0) is 49.3 Å². The van der Waals surface area contributed by atoms with E-state index in [2.05, 4.69) is 32.7 Å². The highest BCUT2D eigenvalue weighted by Crippen LogP contribution is 2.28. The molecule has 0 aliphatic rings. The standard InChI is InChI=1S/C19H21N5OS/c1-21-8-7-16(20)18(25)24-19-23-17(12-26-19)15-4-2-3-14(11-15)13-5-9-22-10-6-13/h2-6,9-12,16,21H,7-8,20H2,1H3,(H,23,24,25). The quantitative estimate of drug-likeness (QED) is 0.597. The minimum atomic E-state index is -0.551. The highest BCUT2D eigenvalue weighted by Gasteiger charge is 2.15. The predicted octanol–water partition coefficient (Wildman–Crippen LogP) is 2.75. The van der Waals surface area contributed by atoms with Crippen LogP contribution in [0, 0.1) is 0 Å². The molecule has 0 radical (unpaired) electrons. The molecule has 1 unspecified atom stereocenters. The number of hydrogen-bond donors (Lipinski definition) is 3. The van der Waals surface area contributed by atoms with Crippen LogP contribution < -0.4 is 16.4 Å². The second-order valence-electron chi connectivity index (χ2n) is 5.84. The smallest absolute Gasteiger partial charge is 0.243 e. The summed E-state index contributed by atoms with van der Waals surface area (Å²) in [6, 6.07) is 11.5. The number of thiazole rings is 1. The molecule has 2 heterocycles. The molecule has 3 aromatic rings. The van der Waals surface area contributed by atoms with Crippen molar-refractivity contribution in [1.29, 1.82) is 0 Å². The van der Waals surface area contributed by atoms with Crippen LogP contribution in [0.4, 0.5) is 5.13 Å². The van der Waals surface area contributed by atoms with Gasteiger partial charge in [-0.2, -0.15) is 0 Å². The van der Waals surface area contributed by atoms with E-state index < -0.39 is 6.04 Å². The van der Waals surface area contributed by atoms with Crippen molar-refractivity contribution in [1.82, 2.24) is 15.3 Å². The summed E-state index contributed by atoms with van der Waals surface area (Å²) in [5.74, 6) is -0.216. The molecule has 0 aliphatic heterocycles. The lowest BCUT2D eigenvalue weighted by atomic mass is 10.0. The molecule has 134 valence electrons. The van der Waals surface area contributed by atoms with Crippen LogP contribution in [-0.2, 0) is 4.79 Å². The molecule has 1 atom stereocenters. The molecule has 26 heavy (non-hydrogen) atoms. The van der Waals surface area contributed by atoms with Gasteiger partial charge < -0.3 is 16.4 Å². The lowest BCUT2D eigenvalue weighted by Gasteiger charge is -2.09. The zero-order valence-corrected chi connectivity index (χ0v) is 15.3. The van der Waals surface area contributed by atoms with E-state index in [1.807, 2.05) is 36.7 Å². The number of carbonyl (C=O) groups excluding carboxylic acids is 1. The summed E-state index contributed by atoms with van der Waals surface area (Å²) in [5, 5.41) is 8.27. The minimum Gasteiger partial charge on any atom is -0.320 e.